The van der Waals surface area contributed by atoms with Gasteiger partial charge in [-0.15, -0.1) is 0 Å². The zero-order valence-electron chi connectivity index (χ0n) is 12.5. The second-order valence-corrected chi connectivity index (χ2v) is 6.68. The molecule has 1 aliphatic heterocycles. The fraction of sp³-hybridized carbons (Fsp3) is 0.933. The maximum atomic E-state index is 11.6. The Hall–Kier alpha value is -0.610. The minimum absolute atomic E-state index is 0.445. The van der Waals surface area contributed by atoms with Crippen LogP contribution in [0.2, 0.25) is 0 Å². The standard InChI is InChI=1S/C15H28N2O2/c1-11(2)12-6-8-17(10-12)13-5-4-7-15(9-13,16-3)14(18)19/h11-13,16H,4-10H2,1-3H3,(H,18,19). The molecule has 1 aliphatic carbocycles. The van der Waals surface area contributed by atoms with Crippen molar-refractivity contribution in [2.45, 2.75) is 57.5 Å². The molecule has 2 aliphatic rings. The summed E-state index contributed by atoms with van der Waals surface area (Å²) in [5.41, 5.74) is -0.696. The van der Waals surface area contributed by atoms with Crippen LogP contribution in [0.25, 0.3) is 0 Å². The van der Waals surface area contributed by atoms with Gasteiger partial charge in [0.2, 0.25) is 0 Å². The van der Waals surface area contributed by atoms with Gasteiger partial charge in [0.25, 0.3) is 0 Å². The third kappa shape index (κ3) is 2.95. The van der Waals surface area contributed by atoms with E-state index in [1.807, 2.05) is 0 Å². The largest absolute Gasteiger partial charge is 0.480 e. The number of likely N-dealkylation sites (N-methyl/N-ethyl adjacent to an activating group) is 1. The second kappa shape index (κ2) is 5.80. The molecule has 0 radical (unpaired) electrons. The minimum atomic E-state index is -0.696. The summed E-state index contributed by atoms with van der Waals surface area (Å²) in [6.07, 6.45) is 4.95. The monoisotopic (exact) mass is 268 g/mol. The molecule has 4 heteroatoms. The summed E-state index contributed by atoms with van der Waals surface area (Å²) in [7, 11) is 1.79. The highest BCUT2D eigenvalue weighted by atomic mass is 16.4. The summed E-state index contributed by atoms with van der Waals surface area (Å²) < 4.78 is 0. The smallest absolute Gasteiger partial charge is 0.323 e. The van der Waals surface area contributed by atoms with Gasteiger partial charge in [0.15, 0.2) is 0 Å². The molecule has 0 aromatic heterocycles. The minimum Gasteiger partial charge on any atom is -0.480 e. The number of hydrogen-bond donors (Lipinski definition) is 2. The molecule has 3 unspecified atom stereocenters. The van der Waals surface area contributed by atoms with Gasteiger partial charge in [0.1, 0.15) is 5.54 Å². The van der Waals surface area contributed by atoms with Crippen LogP contribution in [-0.2, 0) is 4.79 Å². The third-order valence-corrected chi connectivity index (χ3v) is 5.33. The van der Waals surface area contributed by atoms with Gasteiger partial charge in [0.05, 0.1) is 0 Å². The lowest BCUT2D eigenvalue weighted by atomic mass is 9.78. The second-order valence-electron chi connectivity index (χ2n) is 6.68. The number of rotatable bonds is 4. The lowest BCUT2D eigenvalue weighted by Gasteiger charge is -2.41. The summed E-state index contributed by atoms with van der Waals surface area (Å²) >= 11 is 0. The van der Waals surface area contributed by atoms with Crippen LogP contribution in [-0.4, -0.2) is 47.7 Å². The average molecular weight is 268 g/mol. The first-order chi connectivity index (χ1) is 8.98. The van der Waals surface area contributed by atoms with Crippen molar-refractivity contribution in [1.29, 1.82) is 0 Å². The SMILES string of the molecule is CNC1(C(=O)O)CCCC(N2CCC(C(C)C)C2)C1. The van der Waals surface area contributed by atoms with Crippen LogP contribution in [0.3, 0.4) is 0 Å². The predicted molar refractivity (Wildman–Crippen MR) is 76.2 cm³/mol. The number of carbonyl (C=O) groups is 1. The van der Waals surface area contributed by atoms with Gasteiger partial charge < -0.3 is 15.3 Å². The van der Waals surface area contributed by atoms with E-state index < -0.39 is 11.5 Å². The molecule has 1 saturated carbocycles. The molecule has 4 nitrogen and oxygen atoms in total. The molecule has 0 spiro atoms. The van der Waals surface area contributed by atoms with Crippen LogP contribution in [0, 0.1) is 11.8 Å². The van der Waals surface area contributed by atoms with Crippen molar-refractivity contribution in [3.63, 3.8) is 0 Å². The van der Waals surface area contributed by atoms with Crippen molar-refractivity contribution in [2.24, 2.45) is 11.8 Å². The van der Waals surface area contributed by atoms with Gasteiger partial charge in [-0.1, -0.05) is 13.8 Å². The normalized spacial score (nSPS) is 36.8. The first kappa shape index (κ1) is 14.8. The Balaban J connectivity index is 2.00. The number of likely N-dealkylation sites (tertiary alicyclic amines) is 1. The van der Waals surface area contributed by atoms with E-state index in [2.05, 4.69) is 24.1 Å². The molecule has 0 aromatic carbocycles. The quantitative estimate of drug-likeness (QED) is 0.818. The number of nitrogens with zero attached hydrogens (tertiary/aromatic N) is 1. The number of carboxylic acids is 1. The van der Waals surface area contributed by atoms with Crippen molar-refractivity contribution in [2.75, 3.05) is 20.1 Å². The first-order valence-corrected chi connectivity index (χ1v) is 7.65. The average Bonchev–Trinajstić information content (AvgIpc) is 2.88. The van der Waals surface area contributed by atoms with E-state index >= 15 is 0 Å². The molecule has 3 atom stereocenters. The Morgan fingerprint density at radius 2 is 2.16 bits per heavy atom. The summed E-state index contributed by atoms with van der Waals surface area (Å²) in [5, 5.41) is 12.6. The summed E-state index contributed by atoms with van der Waals surface area (Å²) in [6, 6.07) is 0.445. The molecule has 0 bridgehead atoms. The zero-order valence-corrected chi connectivity index (χ0v) is 12.5. The van der Waals surface area contributed by atoms with Gasteiger partial charge in [-0.05, 0) is 57.5 Å². The van der Waals surface area contributed by atoms with Crippen LogP contribution in [0.1, 0.15) is 46.0 Å². The highest BCUT2D eigenvalue weighted by Crippen LogP contribution is 2.35. The van der Waals surface area contributed by atoms with Gasteiger partial charge >= 0.3 is 5.97 Å². The molecular formula is C15H28N2O2. The van der Waals surface area contributed by atoms with Crippen LogP contribution in [0.5, 0.6) is 0 Å². The summed E-state index contributed by atoms with van der Waals surface area (Å²) in [4.78, 5) is 14.1. The highest BCUT2D eigenvalue weighted by Gasteiger charge is 2.44. The van der Waals surface area contributed by atoms with Crippen LogP contribution in [0.15, 0.2) is 0 Å². The van der Waals surface area contributed by atoms with Crippen molar-refractivity contribution in [3.05, 3.63) is 0 Å². The molecular weight excluding hydrogens is 240 g/mol. The molecule has 0 amide bonds. The number of carboxylic acid groups (broad SMARTS) is 1. The van der Waals surface area contributed by atoms with Crippen LogP contribution in [0.4, 0.5) is 0 Å². The Bertz CT molecular complexity index is 332. The summed E-state index contributed by atoms with van der Waals surface area (Å²) in [5.74, 6) is 0.845. The highest BCUT2D eigenvalue weighted by molar-refractivity contribution is 5.79. The number of nitrogens with one attached hydrogen (secondary N) is 1. The first-order valence-electron chi connectivity index (χ1n) is 7.65. The van der Waals surface area contributed by atoms with Crippen LogP contribution < -0.4 is 5.32 Å². The van der Waals surface area contributed by atoms with Crippen molar-refractivity contribution in [1.82, 2.24) is 10.2 Å². The van der Waals surface area contributed by atoms with E-state index in [9.17, 15) is 9.90 Å². The van der Waals surface area contributed by atoms with E-state index in [0.717, 1.165) is 50.6 Å². The van der Waals surface area contributed by atoms with Crippen molar-refractivity contribution in [3.8, 4) is 0 Å². The van der Waals surface area contributed by atoms with E-state index in [-0.39, 0.29) is 0 Å². The van der Waals surface area contributed by atoms with E-state index in [1.165, 1.54) is 6.42 Å². The van der Waals surface area contributed by atoms with E-state index in [1.54, 1.807) is 7.05 Å². The van der Waals surface area contributed by atoms with E-state index in [0.29, 0.717) is 6.04 Å². The third-order valence-electron chi connectivity index (χ3n) is 5.33. The number of aliphatic carboxylic acids is 1. The maximum Gasteiger partial charge on any atom is 0.323 e. The van der Waals surface area contributed by atoms with Crippen LogP contribution >= 0.6 is 0 Å². The zero-order chi connectivity index (χ0) is 14.0. The molecule has 2 rings (SSSR count). The predicted octanol–water partition coefficient (Wildman–Crippen LogP) is 1.95. The number of hydrogen-bond acceptors (Lipinski definition) is 3. The molecule has 2 N–H and O–H groups in total. The Labute approximate surface area is 116 Å². The Kier molecular flexibility index (Phi) is 4.51. The Morgan fingerprint density at radius 1 is 1.42 bits per heavy atom. The molecule has 1 saturated heterocycles. The fourth-order valence-corrected chi connectivity index (χ4v) is 3.78. The van der Waals surface area contributed by atoms with Gasteiger partial charge in [-0.25, -0.2) is 0 Å². The van der Waals surface area contributed by atoms with Crippen molar-refractivity contribution >= 4 is 5.97 Å². The molecule has 1 heterocycles. The topological polar surface area (TPSA) is 52.6 Å². The lowest BCUT2D eigenvalue weighted by Crippen LogP contribution is -2.57. The fourth-order valence-electron chi connectivity index (χ4n) is 3.78. The molecule has 19 heavy (non-hydrogen) atoms. The van der Waals surface area contributed by atoms with Gasteiger partial charge in [-0.2, -0.15) is 0 Å². The molecule has 2 fully saturated rings. The molecule has 0 aromatic rings. The Morgan fingerprint density at radius 3 is 2.68 bits per heavy atom. The summed E-state index contributed by atoms with van der Waals surface area (Å²) in [6.45, 7) is 6.89. The van der Waals surface area contributed by atoms with E-state index in [4.69, 9.17) is 0 Å². The van der Waals surface area contributed by atoms with Crippen molar-refractivity contribution < 1.29 is 9.90 Å². The molecule has 110 valence electrons. The maximum absolute atomic E-state index is 11.6. The van der Waals surface area contributed by atoms with Gasteiger partial charge in [0, 0.05) is 12.6 Å². The lowest BCUT2D eigenvalue weighted by molar-refractivity contribution is -0.147. The van der Waals surface area contributed by atoms with Gasteiger partial charge in [-0.3, -0.25) is 4.79 Å².